The summed E-state index contributed by atoms with van der Waals surface area (Å²) >= 11 is 0. The van der Waals surface area contributed by atoms with E-state index < -0.39 is 0 Å². The highest BCUT2D eigenvalue weighted by Gasteiger charge is 2.13. The monoisotopic (exact) mass is 253 g/mol. The molecule has 0 heterocycles. The van der Waals surface area contributed by atoms with E-state index in [0.29, 0.717) is 0 Å². The fourth-order valence-electron chi connectivity index (χ4n) is 3.22. The van der Waals surface area contributed by atoms with E-state index >= 15 is 0 Å². The Morgan fingerprint density at radius 2 is 1.74 bits per heavy atom. The summed E-state index contributed by atoms with van der Waals surface area (Å²) in [6.45, 7) is 1.11. The van der Waals surface area contributed by atoms with Crippen molar-refractivity contribution in [2.24, 2.45) is 5.92 Å². The molecule has 0 aromatic heterocycles. The molecule has 0 amide bonds. The van der Waals surface area contributed by atoms with Crippen LogP contribution in [0, 0.1) is 5.92 Å². The van der Waals surface area contributed by atoms with Crippen LogP contribution >= 0.6 is 0 Å². The topological polar surface area (TPSA) is 12.0 Å². The Hall–Kier alpha value is -1.50. The van der Waals surface area contributed by atoms with Gasteiger partial charge in [-0.15, -0.1) is 0 Å². The van der Waals surface area contributed by atoms with Crippen molar-refractivity contribution in [1.29, 1.82) is 0 Å². The molecule has 1 N–H and O–H groups in total. The first-order valence-electron chi connectivity index (χ1n) is 7.64. The highest BCUT2D eigenvalue weighted by Crippen LogP contribution is 2.28. The summed E-state index contributed by atoms with van der Waals surface area (Å²) in [5.41, 5.74) is 1.25. The minimum Gasteiger partial charge on any atom is -0.385 e. The fourth-order valence-corrected chi connectivity index (χ4v) is 3.22. The summed E-state index contributed by atoms with van der Waals surface area (Å²) in [5.74, 6) is 1.01. The molecule has 1 saturated carbocycles. The quantitative estimate of drug-likeness (QED) is 0.720. The van der Waals surface area contributed by atoms with E-state index in [0.717, 1.165) is 12.5 Å². The Morgan fingerprint density at radius 1 is 0.947 bits per heavy atom. The summed E-state index contributed by atoms with van der Waals surface area (Å²) in [6.07, 6.45) is 8.57. The average molecular weight is 253 g/mol. The van der Waals surface area contributed by atoms with Crippen LogP contribution in [0.3, 0.4) is 0 Å². The standard InChI is InChI=1S/C18H23N/c1-2-7-15(6-1)8-5-13-19-18-12-11-16-9-3-4-10-17(16)14-18/h3-4,9-12,14-15,19H,1-2,5-8,13H2. The van der Waals surface area contributed by atoms with Crippen LogP contribution in [0.25, 0.3) is 10.8 Å². The SMILES string of the molecule is c1ccc2cc(NCCCC3CCCC3)ccc2c1. The van der Waals surface area contributed by atoms with Crippen LogP contribution in [-0.2, 0) is 0 Å². The molecule has 100 valence electrons. The van der Waals surface area contributed by atoms with Crippen LogP contribution in [0.2, 0.25) is 0 Å². The molecule has 0 bridgehead atoms. The molecule has 0 unspecified atom stereocenters. The molecular formula is C18H23N. The second-order valence-corrected chi connectivity index (χ2v) is 5.78. The van der Waals surface area contributed by atoms with Gasteiger partial charge in [0.15, 0.2) is 0 Å². The Labute approximate surface area is 116 Å². The lowest BCUT2D eigenvalue weighted by Crippen LogP contribution is -2.04. The molecule has 1 aliphatic carbocycles. The molecule has 1 heteroatoms. The highest BCUT2D eigenvalue weighted by molar-refractivity contribution is 5.85. The molecule has 0 aliphatic heterocycles. The summed E-state index contributed by atoms with van der Waals surface area (Å²) in [4.78, 5) is 0. The van der Waals surface area contributed by atoms with Crippen molar-refractivity contribution in [2.75, 3.05) is 11.9 Å². The molecule has 1 fully saturated rings. The van der Waals surface area contributed by atoms with Crippen LogP contribution in [0.1, 0.15) is 38.5 Å². The van der Waals surface area contributed by atoms with E-state index in [2.05, 4.69) is 47.8 Å². The zero-order valence-corrected chi connectivity index (χ0v) is 11.6. The number of hydrogen-bond acceptors (Lipinski definition) is 1. The zero-order chi connectivity index (χ0) is 12.9. The van der Waals surface area contributed by atoms with Crippen molar-refractivity contribution < 1.29 is 0 Å². The number of anilines is 1. The maximum absolute atomic E-state index is 3.56. The van der Waals surface area contributed by atoms with Crippen molar-refractivity contribution in [3.8, 4) is 0 Å². The lowest BCUT2D eigenvalue weighted by Gasteiger charge is -2.10. The number of fused-ring (bicyclic) bond motifs is 1. The normalized spacial score (nSPS) is 16.0. The minimum absolute atomic E-state index is 1.01. The van der Waals surface area contributed by atoms with Gasteiger partial charge in [0, 0.05) is 12.2 Å². The van der Waals surface area contributed by atoms with Gasteiger partial charge in [-0.25, -0.2) is 0 Å². The first kappa shape index (κ1) is 12.5. The summed E-state index contributed by atoms with van der Waals surface area (Å²) in [5, 5.41) is 6.20. The fraction of sp³-hybridized carbons (Fsp3) is 0.444. The molecule has 0 spiro atoms. The molecule has 19 heavy (non-hydrogen) atoms. The van der Waals surface area contributed by atoms with Gasteiger partial charge in [-0.3, -0.25) is 0 Å². The van der Waals surface area contributed by atoms with Gasteiger partial charge < -0.3 is 5.32 Å². The van der Waals surface area contributed by atoms with Crippen LogP contribution in [0.4, 0.5) is 5.69 Å². The van der Waals surface area contributed by atoms with Gasteiger partial charge in [-0.2, -0.15) is 0 Å². The lowest BCUT2D eigenvalue weighted by atomic mass is 10.0. The maximum Gasteiger partial charge on any atom is 0.0346 e. The number of hydrogen-bond donors (Lipinski definition) is 1. The van der Waals surface area contributed by atoms with Gasteiger partial charge in [0.1, 0.15) is 0 Å². The van der Waals surface area contributed by atoms with Gasteiger partial charge in [0.05, 0.1) is 0 Å². The Bertz CT molecular complexity index is 526. The summed E-state index contributed by atoms with van der Waals surface area (Å²) < 4.78 is 0. The molecule has 0 radical (unpaired) electrons. The van der Waals surface area contributed by atoms with E-state index in [1.807, 2.05) is 0 Å². The molecule has 3 rings (SSSR count). The van der Waals surface area contributed by atoms with Crippen molar-refractivity contribution in [2.45, 2.75) is 38.5 Å². The molecule has 2 aromatic carbocycles. The van der Waals surface area contributed by atoms with Crippen LogP contribution in [-0.4, -0.2) is 6.54 Å². The van der Waals surface area contributed by atoms with Crippen LogP contribution in [0.5, 0.6) is 0 Å². The summed E-state index contributed by atoms with van der Waals surface area (Å²) in [6, 6.07) is 15.2. The van der Waals surface area contributed by atoms with Crippen molar-refractivity contribution in [3.05, 3.63) is 42.5 Å². The highest BCUT2D eigenvalue weighted by atomic mass is 14.9. The maximum atomic E-state index is 3.56. The number of benzene rings is 2. The first-order chi connectivity index (χ1) is 9.42. The zero-order valence-electron chi connectivity index (χ0n) is 11.6. The predicted octanol–water partition coefficient (Wildman–Crippen LogP) is 5.22. The van der Waals surface area contributed by atoms with Crippen molar-refractivity contribution >= 4 is 16.5 Å². The van der Waals surface area contributed by atoms with Gasteiger partial charge in [-0.05, 0) is 41.7 Å². The van der Waals surface area contributed by atoms with Crippen molar-refractivity contribution in [1.82, 2.24) is 0 Å². The van der Waals surface area contributed by atoms with Crippen LogP contribution < -0.4 is 5.32 Å². The third kappa shape index (κ3) is 3.28. The Balaban J connectivity index is 1.50. The Morgan fingerprint density at radius 3 is 2.58 bits per heavy atom. The van der Waals surface area contributed by atoms with Gasteiger partial charge >= 0.3 is 0 Å². The number of nitrogens with one attached hydrogen (secondary N) is 1. The third-order valence-electron chi connectivity index (χ3n) is 4.34. The Kier molecular flexibility index (Phi) is 4.02. The van der Waals surface area contributed by atoms with E-state index in [9.17, 15) is 0 Å². The van der Waals surface area contributed by atoms with Gasteiger partial charge in [0.25, 0.3) is 0 Å². The minimum atomic E-state index is 1.01. The van der Waals surface area contributed by atoms with Crippen molar-refractivity contribution in [3.63, 3.8) is 0 Å². The van der Waals surface area contributed by atoms with Crippen LogP contribution in [0.15, 0.2) is 42.5 Å². The average Bonchev–Trinajstić information content (AvgIpc) is 2.97. The van der Waals surface area contributed by atoms with E-state index in [1.54, 1.807) is 0 Å². The first-order valence-corrected chi connectivity index (χ1v) is 7.64. The van der Waals surface area contributed by atoms with E-state index in [4.69, 9.17) is 0 Å². The molecular weight excluding hydrogens is 230 g/mol. The van der Waals surface area contributed by atoms with E-state index in [1.165, 1.54) is 55.0 Å². The second kappa shape index (κ2) is 6.10. The predicted molar refractivity (Wildman–Crippen MR) is 83.6 cm³/mol. The third-order valence-corrected chi connectivity index (χ3v) is 4.34. The number of rotatable bonds is 5. The molecule has 0 atom stereocenters. The molecule has 1 nitrogen and oxygen atoms in total. The molecule has 2 aromatic rings. The lowest BCUT2D eigenvalue weighted by molar-refractivity contribution is 0.491. The van der Waals surface area contributed by atoms with E-state index in [-0.39, 0.29) is 0 Å². The molecule has 0 saturated heterocycles. The smallest absolute Gasteiger partial charge is 0.0346 e. The van der Waals surface area contributed by atoms with Gasteiger partial charge in [0.2, 0.25) is 0 Å². The largest absolute Gasteiger partial charge is 0.385 e. The van der Waals surface area contributed by atoms with Gasteiger partial charge in [-0.1, -0.05) is 56.0 Å². The molecule has 1 aliphatic rings. The second-order valence-electron chi connectivity index (χ2n) is 5.78. The summed E-state index contributed by atoms with van der Waals surface area (Å²) in [7, 11) is 0.